The Balaban J connectivity index is 1.70. The molecule has 0 radical (unpaired) electrons. The Morgan fingerprint density at radius 3 is 1.62 bits per heavy atom. The number of unbranched alkanes of at least 4 members (excludes halogenated alkanes) is 15. The molecule has 0 aromatic heterocycles. The molecule has 0 saturated heterocycles. The van der Waals surface area contributed by atoms with E-state index < -0.39 is 0 Å². The minimum absolute atomic E-state index is 0.0694. The zero-order valence-corrected chi connectivity index (χ0v) is 17.7. The van der Waals surface area contributed by atoms with Gasteiger partial charge in [0.2, 0.25) is 0 Å². The lowest BCUT2D eigenvalue weighted by Crippen LogP contribution is -2.27. The maximum absolute atomic E-state index is 11.7. The van der Waals surface area contributed by atoms with Crippen molar-refractivity contribution in [3.05, 3.63) is 0 Å². The highest BCUT2D eigenvalue weighted by molar-refractivity contribution is 5.83. The Kier molecular flexibility index (Phi) is 16.4. The van der Waals surface area contributed by atoms with Gasteiger partial charge in [0.25, 0.3) is 0 Å². The van der Waals surface area contributed by atoms with Gasteiger partial charge in [-0.05, 0) is 25.7 Å². The summed E-state index contributed by atoms with van der Waals surface area (Å²) in [5, 5.41) is 0. The van der Waals surface area contributed by atoms with Crippen LogP contribution in [0.25, 0.3) is 0 Å². The molecule has 1 fully saturated rings. The first kappa shape index (κ1) is 23.7. The highest BCUT2D eigenvalue weighted by Gasteiger charge is 2.22. The van der Waals surface area contributed by atoms with Crippen molar-refractivity contribution in [1.29, 1.82) is 0 Å². The van der Waals surface area contributed by atoms with Gasteiger partial charge in [-0.3, -0.25) is 4.79 Å². The van der Waals surface area contributed by atoms with Crippen LogP contribution in [0, 0.1) is 0 Å². The molecule has 2 heteroatoms. The number of rotatable bonds is 18. The van der Waals surface area contributed by atoms with Crippen LogP contribution in [-0.2, 0) is 9.53 Å². The third-order valence-electron chi connectivity index (χ3n) is 5.82. The van der Waals surface area contributed by atoms with Crippen molar-refractivity contribution in [2.75, 3.05) is 6.61 Å². The smallest absolute Gasteiger partial charge is 0.161 e. The fourth-order valence-electron chi connectivity index (χ4n) is 4.00. The molecule has 154 valence electrons. The standard InChI is InChI=1S/C24H46O2/c1-2-3-4-5-6-7-8-9-10-11-12-13-14-15-16-19-22-26-24-21-18-17-20-23(24)25/h24H,2-22H2,1H3. The highest BCUT2D eigenvalue weighted by atomic mass is 16.5. The minimum Gasteiger partial charge on any atom is -0.370 e. The van der Waals surface area contributed by atoms with E-state index in [9.17, 15) is 4.79 Å². The van der Waals surface area contributed by atoms with E-state index in [1.54, 1.807) is 0 Å². The van der Waals surface area contributed by atoms with Crippen molar-refractivity contribution in [3.63, 3.8) is 0 Å². The number of carbonyl (C=O) groups excluding carboxylic acids is 1. The van der Waals surface area contributed by atoms with Crippen LogP contribution >= 0.6 is 0 Å². The summed E-state index contributed by atoms with van der Waals surface area (Å²) in [5.74, 6) is 0.341. The average Bonchev–Trinajstić information content (AvgIpc) is 2.65. The fourth-order valence-corrected chi connectivity index (χ4v) is 4.00. The monoisotopic (exact) mass is 366 g/mol. The Hall–Kier alpha value is -0.370. The van der Waals surface area contributed by atoms with Gasteiger partial charge in [0.15, 0.2) is 5.78 Å². The summed E-state index contributed by atoms with van der Waals surface area (Å²) in [6.07, 6.45) is 26.1. The molecule has 0 amide bonds. The lowest BCUT2D eigenvalue weighted by molar-refractivity contribution is -0.133. The quantitative estimate of drug-likeness (QED) is 0.231. The first-order chi connectivity index (χ1) is 12.8. The number of hydrogen-bond acceptors (Lipinski definition) is 2. The molecule has 0 bridgehead atoms. The molecule has 1 aliphatic carbocycles. The van der Waals surface area contributed by atoms with Crippen LogP contribution in [0.5, 0.6) is 0 Å². The Labute approximate surface area is 163 Å². The van der Waals surface area contributed by atoms with E-state index in [-0.39, 0.29) is 6.10 Å². The van der Waals surface area contributed by atoms with E-state index in [0.29, 0.717) is 5.78 Å². The van der Waals surface area contributed by atoms with Gasteiger partial charge in [-0.25, -0.2) is 0 Å². The van der Waals surface area contributed by atoms with E-state index >= 15 is 0 Å². The number of ketones is 1. The normalized spacial score (nSPS) is 17.7. The minimum atomic E-state index is -0.0694. The van der Waals surface area contributed by atoms with Gasteiger partial charge in [-0.1, -0.05) is 103 Å². The number of Topliss-reactive ketones (excluding diaryl/α,β-unsaturated/α-hetero) is 1. The lowest BCUT2D eigenvalue weighted by Gasteiger charge is -2.20. The SMILES string of the molecule is CCCCCCCCCCCCCCCCCCOC1CCCCC1=O. The molecule has 26 heavy (non-hydrogen) atoms. The molecule has 2 nitrogen and oxygen atoms in total. The van der Waals surface area contributed by atoms with Crippen LogP contribution in [0.4, 0.5) is 0 Å². The van der Waals surface area contributed by atoms with Gasteiger partial charge >= 0.3 is 0 Å². The molecule has 1 saturated carbocycles. The van der Waals surface area contributed by atoms with Gasteiger partial charge in [0.05, 0.1) is 0 Å². The molecule has 1 unspecified atom stereocenters. The third kappa shape index (κ3) is 13.8. The van der Waals surface area contributed by atoms with Crippen LogP contribution < -0.4 is 0 Å². The molecule has 1 aliphatic rings. The van der Waals surface area contributed by atoms with Crippen molar-refractivity contribution >= 4 is 5.78 Å². The van der Waals surface area contributed by atoms with Crippen molar-refractivity contribution in [3.8, 4) is 0 Å². The summed E-state index contributed by atoms with van der Waals surface area (Å²) < 4.78 is 5.76. The van der Waals surface area contributed by atoms with E-state index in [4.69, 9.17) is 4.74 Å². The van der Waals surface area contributed by atoms with E-state index in [1.165, 1.54) is 96.3 Å². The van der Waals surface area contributed by atoms with Crippen LogP contribution in [0.2, 0.25) is 0 Å². The Morgan fingerprint density at radius 1 is 0.692 bits per heavy atom. The molecule has 0 spiro atoms. The zero-order chi connectivity index (χ0) is 18.7. The van der Waals surface area contributed by atoms with Gasteiger partial charge in [-0.2, -0.15) is 0 Å². The van der Waals surface area contributed by atoms with Crippen LogP contribution in [0.1, 0.15) is 135 Å². The maximum Gasteiger partial charge on any atom is 0.161 e. The topological polar surface area (TPSA) is 26.3 Å². The number of ether oxygens (including phenoxy) is 1. The van der Waals surface area contributed by atoms with Crippen molar-refractivity contribution < 1.29 is 9.53 Å². The summed E-state index contributed by atoms with van der Waals surface area (Å²) >= 11 is 0. The second kappa shape index (κ2) is 18.0. The van der Waals surface area contributed by atoms with Gasteiger partial charge < -0.3 is 4.74 Å². The molecular weight excluding hydrogens is 320 g/mol. The van der Waals surface area contributed by atoms with E-state index in [1.807, 2.05) is 0 Å². The summed E-state index contributed by atoms with van der Waals surface area (Å²) in [6, 6.07) is 0. The average molecular weight is 367 g/mol. The Bertz CT molecular complexity index is 313. The molecule has 0 aliphatic heterocycles. The second-order valence-corrected chi connectivity index (χ2v) is 8.37. The lowest BCUT2D eigenvalue weighted by atomic mass is 9.96. The van der Waals surface area contributed by atoms with Gasteiger partial charge in [-0.15, -0.1) is 0 Å². The number of carbonyl (C=O) groups is 1. The first-order valence-electron chi connectivity index (χ1n) is 12.0. The highest BCUT2D eigenvalue weighted by Crippen LogP contribution is 2.18. The second-order valence-electron chi connectivity index (χ2n) is 8.37. The summed E-state index contributed by atoms with van der Waals surface area (Å²) in [7, 11) is 0. The van der Waals surface area contributed by atoms with Crippen LogP contribution in [0.15, 0.2) is 0 Å². The fraction of sp³-hybridized carbons (Fsp3) is 0.958. The summed E-state index contributed by atoms with van der Waals surface area (Å²) in [5.41, 5.74) is 0. The van der Waals surface area contributed by atoms with E-state index in [2.05, 4.69) is 6.92 Å². The molecule has 1 rings (SSSR count). The zero-order valence-electron chi connectivity index (χ0n) is 17.7. The molecule has 0 N–H and O–H groups in total. The van der Waals surface area contributed by atoms with Crippen molar-refractivity contribution in [2.24, 2.45) is 0 Å². The molecular formula is C24H46O2. The largest absolute Gasteiger partial charge is 0.370 e. The van der Waals surface area contributed by atoms with Gasteiger partial charge in [0, 0.05) is 13.0 Å². The Morgan fingerprint density at radius 2 is 1.15 bits per heavy atom. The molecule has 0 aromatic carbocycles. The van der Waals surface area contributed by atoms with Crippen LogP contribution in [0.3, 0.4) is 0 Å². The van der Waals surface area contributed by atoms with Crippen LogP contribution in [-0.4, -0.2) is 18.5 Å². The summed E-state index contributed by atoms with van der Waals surface area (Å²) in [4.78, 5) is 11.7. The third-order valence-corrected chi connectivity index (χ3v) is 5.82. The molecule has 1 atom stereocenters. The molecule has 0 heterocycles. The summed E-state index contributed by atoms with van der Waals surface area (Å²) in [6.45, 7) is 3.07. The van der Waals surface area contributed by atoms with Crippen molar-refractivity contribution in [1.82, 2.24) is 0 Å². The van der Waals surface area contributed by atoms with E-state index in [0.717, 1.165) is 38.7 Å². The predicted molar refractivity (Wildman–Crippen MR) is 113 cm³/mol. The predicted octanol–water partition coefficient (Wildman–Crippen LogP) is 7.78. The molecule has 0 aromatic rings. The van der Waals surface area contributed by atoms with Gasteiger partial charge in [0.1, 0.15) is 6.10 Å². The first-order valence-corrected chi connectivity index (χ1v) is 12.0. The number of hydrogen-bond donors (Lipinski definition) is 0. The maximum atomic E-state index is 11.7. The van der Waals surface area contributed by atoms with Crippen molar-refractivity contribution in [2.45, 2.75) is 141 Å².